The minimum Gasteiger partial charge on any atom is -0.612 e. The Labute approximate surface area is 218 Å². The summed E-state index contributed by atoms with van der Waals surface area (Å²) in [6, 6.07) is 2.24. The molecule has 1 heterocycles. The highest BCUT2D eigenvalue weighted by atomic mass is 32.3. The average molecular weight is 604 g/mol. The van der Waals surface area contributed by atoms with Crippen LogP contribution in [0.4, 0.5) is 17.2 Å². The molecule has 0 aliphatic carbocycles. The molecule has 0 bridgehead atoms. The number of fused-ring (bicyclic) bond motifs is 1. The summed E-state index contributed by atoms with van der Waals surface area (Å²) in [4.78, 5) is 40.9. The highest BCUT2D eigenvalue weighted by molar-refractivity contribution is 7.92. The molecule has 3 rings (SSSR count). The van der Waals surface area contributed by atoms with Crippen LogP contribution in [0.1, 0.15) is 21.6 Å². The maximum atomic E-state index is 11.9. The Balaban J connectivity index is 2.32. The van der Waals surface area contributed by atoms with Crippen LogP contribution >= 0.6 is 7.82 Å². The Morgan fingerprint density at radius 2 is 1.62 bits per heavy atom. The zero-order chi connectivity index (χ0) is 29.5. The van der Waals surface area contributed by atoms with Crippen molar-refractivity contribution >= 4 is 63.1 Å². The quantitative estimate of drug-likeness (QED) is 0.0787. The molecule has 0 unspecified atom stereocenters. The summed E-state index contributed by atoms with van der Waals surface area (Å²) >= 11 is 0. The molecule has 21 heteroatoms. The minimum atomic E-state index is -5.47. The van der Waals surface area contributed by atoms with Gasteiger partial charge in [0.1, 0.15) is 5.75 Å². The molecule has 3 aromatic rings. The molecule has 18 nitrogen and oxygen atoms in total. The van der Waals surface area contributed by atoms with E-state index in [0.29, 0.717) is 18.2 Å². The van der Waals surface area contributed by atoms with Crippen LogP contribution in [0.25, 0.3) is 10.8 Å². The lowest BCUT2D eigenvalue weighted by Crippen LogP contribution is -2.12. The molecule has 0 spiro atoms. The first-order chi connectivity index (χ1) is 17.8. The number of aromatic nitrogens is 1. The zero-order valence-corrected chi connectivity index (χ0v) is 21.5. The maximum Gasteiger partial charge on any atom is 0.469 e. The number of phosphoric acid groups is 1. The average Bonchev–Trinajstić information content (AvgIpc) is 2.80. The van der Waals surface area contributed by atoms with Crippen molar-refractivity contribution in [1.82, 2.24) is 4.98 Å². The molecule has 0 aliphatic heterocycles. The van der Waals surface area contributed by atoms with E-state index >= 15 is 0 Å². The van der Waals surface area contributed by atoms with Crippen LogP contribution in [0.5, 0.6) is 5.75 Å². The highest BCUT2D eigenvalue weighted by Gasteiger charge is 2.26. The van der Waals surface area contributed by atoms with Gasteiger partial charge in [0.25, 0.3) is 5.69 Å². The SMILES string of the molecule is Cc1nc(N=Nc2cc([S+](=O)([O-])[O-])c3cc([N+](=O)[O-])cc([S+](=O)([O-])[O-])c3c2)c(COP(=O)(O)O)c(C=O)c1O. The van der Waals surface area contributed by atoms with Crippen molar-refractivity contribution in [3.63, 3.8) is 0 Å². The Kier molecular flexibility index (Phi) is 8.20. The fourth-order valence-electron chi connectivity index (χ4n) is 3.29. The van der Waals surface area contributed by atoms with Gasteiger partial charge in [-0.15, -0.1) is 18.6 Å². The summed E-state index contributed by atoms with van der Waals surface area (Å²) in [5.74, 6) is -1.27. The third-order valence-corrected chi connectivity index (χ3v) is 7.15. The van der Waals surface area contributed by atoms with Gasteiger partial charge >= 0.3 is 7.82 Å². The van der Waals surface area contributed by atoms with Gasteiger partial charge in [-0.2, -0.15) is 0 Å². The number of carbonyl (C=O) groups is 1. The molecule has 0 saturated heterocycles. The van der Waals surface area contributed by atoms with Crippen molar-refractivity contribution in [2.45, 2.75) is 23.3 Å². The Morgan fingerprint density at radius 1 is 1.05 bits per heavy atom. The number of azo groups is 1. The molecule has 0 amide bonds. The second kappa shape index (κ2) is 10.6. The highest BCUT2D eigenvalue weighted by Crippen LogP contribution is 2.41. The van der Waals surface area contributed by atoms with E-state index in [0.717, 1.165) is 6.07 Å². The van der Waals surface area contributed by atoms with E-state index in [2.05, 4.69) is 19.7 Å². The van der Waals surface area contributed by atoms with Gasteiger partial charge in [-0.1, -0.05) is 0 Å². The number of non-ortho nitro benzene ring substituents is 1. The van der Waals surface area contributed by atoms with Crippen molar-refractivity contribution in [2.75, 3.05) is 0 Å². The molecule has 3 N–H and O–H groups in total. The number of nitro benzene ring substituents is 1. The van der Waals surface area contributed by atoms with Gasteiger partial charge in [0.15, 0.2) is 21.9 Å². The zero-order valence-electron chi connectivity index (χ0n) is 19.0. The van der Waals surface area contributed by atoms with Crippen LogP contribution in [0, 0.1) is 17.0 Å². The maximum absolute atomic E-state index is 11.9. The first kappa shape index (κ1) is 30.1. The molecular formula is C18H13N4O14PS2-2. The van der Waals surface area contributed by atoms with E-state index in [1.165, 1.54) is 6.92 Å². The monoisotopic (exact) mass is 604 g/mol. The van der Waals surface area contributed by atoms with Gasteiger partial charge < -0.3 is 33.1 Å². The van der Waals surface area contributed by atoms with Crippen LogP contribution < -0.4 is 0 Å². The number of nitro groups is 1. The van der Waals surface area contributed by atoms with E-state index < -0.39 is 95.0 Å². The summed E-state index contributed by atoms with van der Waals surface area (Å²) < 4.78 is 86.6. The Bertz CT molecular complexity index is 1690. The minimum absolute atomic E-state index is 0.0951. The van der Waals surface area contributed by atoms with Crippen LogP contribution in [0.3, 0.4) is 0 Å². The fourth-order valence-corrected chi connectivity index (χ4v) is 4.99. The molecule has 208 valence electrons. The van der Waals surface area contributed by atoms with E-state index in [1.54, 1.807) is 0 Å². The number of pyridine rings is 1. The van der Waals surface area contributed by atoms with Gasteiger partial charge in [-0.25, -0.2) is 9.55 Å². The lowest BCUT2D eigenvalue weighted by atomic mass is 10.1. The lowest BCUT2D eigenvalue weighted by Gasteiger charge is -2.22. The van der Waals surface area contributed by atoms with Crippen LogP contribution in [0.2, 0.25) is 0 Å². The predicted octanol–water partition coefficient (Wildman–Crippen LogP) is 2.23. The number of nitrogens with zero attached hydrogens (tertiary/aromatic N) is 4. The molecule has 0 radical (unpaired) electrons. The summed E-state index contributed by atoms with van der Waals surface area (Å²) in [7, 11) is -16.0. The van der Waals surface area contributed by atoms with E-state index in [9.17, 15) is 51.2 Å². The lowest BCUT2D eigenvalue weighted by molar-refractivity contribution is -0.385. The summed E-state index contributed by atoms with van der Waals surface area (Å²) in [5, 5.41) is 27.0. The number of aryl methyl sites for hydroxylation is 1. The first-order valence-corrected chi connectivity index (χ1v) is 14.2. The number of benzene rings is 2. The molecule has 39 heavy (non-hydrogen) atoms. The van der Waals surface area contributed by atoms with Gasteiger partial charge in [0.2, 0.25) is 0 Å². The number of carbonyl (C=O) groups excluding carboxylic acids is 1. The molecule has 0 saturated carbocycles. The van der Waals surface area contributed by atoms with E-state index in [4.69, 9.17) is 9.79 Å². The number of phosphoric ester groups is 1. The van der Waals surface area contributed by atoms with Crippen molar-refractivity contribution in [1.29, 1.82) is 0 Å². The molecule has 1 aromatic heterocycles. The predicted molar refractivity (Wildman–Crippen MR) is 123 cm³/mol. The van der Waals surface area contributed by atoms with Crippen molar-refractivity contribution < 1.29 is 60.3 Å². The first-order valence-electron chi connectivity index (χ1n) is 9.81. The number of aldehydes is 1. The summed E-state index contributed by atoms with van der Waals surface area (Å²) in [6.07, 6.45) is 0.0951. The van der Waals surface area contributed by atoms with Crippen LogP contribution in [0.15, 0.2) is 44.3 Å². The number of hydrogen-bond acceptors (Lipinski definition) is 15. The molecular weight excluding hydrogens is 591 g/mol. The van der Waals surface area contributed by atoms with Crippen LogP contribution in [-0.2, 0) is 45.1 Å². The van der Waals surface area contributed by atoms with Crippen molar-refractivity contribution in [3.8, 4) is 5.75 Å². The standard InChI is InChI=1S/C18H13N4O14PS2/c1-8-17(24)13(6-23)14(7-36-37(27,28)29)18(19-8)21-20-9-2-11-12(15(3-9)38(30,31)32)4-10(22(25)26)5-16(11)39(33,34)35/h2-6H,7H2,1H3,(H3-4,20,23,24,27,28,29,30,31,32,33,34,35)/q-2. The van der Waals surface area contributed by atoms with E-state index in [1.807, 2.05) is 0 Å². The second-order valence-corrected chi connectivity index (χ2v) is 11.4. The van der Waals surface area contributed by atoms with Crippen molar-refractivity contribution in [2.24, 2.45) is 10.2 Å². The third-order valence-electron chi connectivity index (χ3n) is 4.93. The largest absolute Gasteiger partial charge is 0.612 e. The van der Waals surface area contributed by atoms with Gasteiger partial charge in [0, 0.05) is 49.5 Å². The van der Waals surface area contributed by atoms with Crippen LogP contribution in [-0.4, -0.2) is 49.3 Å². The van der Waals surface area contributed by atoms with Gasteiger partial charge in [-0.3, -0.25) is 19.4 Å². The molecule has 0 aliphatic rings. The summed E-state index contributed by atoms with van der Waals surface area (Å²) in [6.45, 7) is 0.194. The normalized spacial score (nSPS) is 12.8. The number of rotatable bonds is 9. The fraction of sp³-hybridized carbons (Fsp3) is 0.111. The van der Waals surface area contributed by atoms with Gasteiger partial charge in [0.05, 0.1) is 34.5 Å². The third kappa shape index (κ3) is 6.78. The number of hydrogen-bond donors (Lipinski definition) is 3. The van der Waals surface area contributed by atoms with Gasteiger partial charge in [-0.05, 0) is 13.0 Å². The Hall–Kier alpha value is -3.43. The topological polar surface area (TPSA) is 311 Å². The molecule has 0 atom stereocenters. The Morgan fingerprint density at radius 3 is 2.13 bits per heavy atom. The second-order valence-electron chi connectivity index (χ2n) is 7.49. The number of aromatic hydroxyl groups is 1. The molecule has 2 aromatic carbocycles. The summed E-state index contributed by atoms with van der Waals surface area (Å²) in [5.41, 5.74) is -2.83. The smallest absolute Gasteiger partial charge is 0.469 e. The molecule has 0 fully saturated rings. The van der Waals surface area contributed by atoms with E-state index in [-0.39, 0.29) is 12.0 Å². The van der Waals surface area contributed by atoms with Crippen molar-refractivity contribution in [3.05, 3.63) is 51.2 Å².